The standard InChI is InChI=1S/C21H27ClN2O4S/c1-28-19-13-11-18(12-14-19)24(29(2,26)27)16-6-10-21(25)23-15-5-8-17-7-3-4-9-20(17)22/h3-4,7,9,11-14H,5-6,8,10,15-16H2,1-2H3,(H,23,25). The lowest BCUT2D eigenvalue weighted by atomic mass is 10.1. The maximum absolute atomic E-state index is 12.1. The lowest BCUT2D eigenvalue weighted by molar-refractivity contribution is -0.121. The number of amides is 1. The van der Waals surface area contributed by atoms with Crippen LogP contribution >= 0.6 is 11.6 Å². The van der Waals surface area contributed by atoms with Gasteiger partial charge in [-0.25, -0.2) is 8.42 Å². The van der Waals surface area contributed by atoms with Gasteiger partial charge in [0.1, 0.15) is 5.75 Å². The van der Waals surface area contributed by atoms with Gasteiger partial charge < -0.3 is 10.1 Å². The van der Waals surface area contributed by atoms with Gasteiger partial charge >= 0.3 is 0 Å². The number of anilines is 1. The van der Waals surface area contributed by atoms with Crippen molar-refractivity contribution >= 4 is 33.2 Å². The van der Waals surface area contributed by atoms with Crippen LogP contribution in [0.25, 0.3) is 0 Å². The predicted molar refractivity (Wildman–Crippen MR) is 117 cm³/mol. The van der Waals surface area contributed by atoms with Crippen LogP contribution in [0.5, 0.6) is 5.75 Å². The van der Waals surface area contributed by atoms with Gasteiger partial charge in [0, 0.05) is 24.5 Å². The number of nitrogens with one attached hydrogen (secondary N) is 1. The zero-order valence-corrected chi connectivity index (χ0v) is 18.3. The molecule has 2 aromatic rings. The summed E-state index contributed by atoms with van der Waals surface area (Å²) in [5.41, 5.74) is 1.61. The second kappa shape index (κ2) is 11.1. The molecule has 0 bridgehead atoms. The Morgan fingerprint density at radius 2 is 1.79 bits per heavy atom. The zero-order valence-electron chi connectivity index (χ0n) is 16.7. The number of hydrogen-bond acceptors (Lipinski definition) is 4. The molecular weight excluding hydrogens is 412 g/mol. The van der Waals surface area contributed by atoms with Gasteiger partial charge in [0.2, 0.25) is 15.9 Å². The lowest BCUT2D eigenvalue weighted by Crippen LogP contribution is -2.32. The highest BCUT2D eigenvalue weighted by Crippen LogP contribution is 2.22. The van der Waals surface area contributed by atoms with Crippen LogP contribution in [0.15, 0.2) is 48.5 Å². The van der Waals surface area contributed by atoms with Crippen molar-refractivity contribution in [3.8, 4) is 5.75 Å². The number of hydrogen-bond donors (Lipinski definition) is 1. The summed E-state index contributed by atoms with van der Waals surface area (Å²) >= 11 is 6.12. The third kappa shape index (κ3) is 7.59. The SMILES string of the molecule is COc1ccc(N(CCCC(=O)NCCCc2ccccc2Cl)S(C)(=O)=O)cc1. The van der Waals surface area contributed by atoms with Crippen molar-refractivity contribution in [1.29, 1.82) is 0 Å². The van der Waals surface area contributed by atoms with Crippen molar-refractivity contribution in [3.05, 3.63) is 59.1 Å². The van der Waals surface area contributed by atoms with Crippen LogP contribution in [0.2, 0.25) is 5.02 Å². The quantitative estimate of drug-likeness (QED) is 0.543. The van der Waals surface area contributed by atoms with E-state index >= 15 is 0 Å². The number of benzene rings is 2. The highest BCUT2D eigenvalue weighted by molar-refractivity contribution is 7.92. The molecule has 0 radical (unpaired) electrons. The van der Waals surface area contributed by atoms with Crippen LogP contribution < -0.4 is 14.4 Å². The molecule has 0 aliphatic heterocycles. The summed E-state index contributed by atoms with van der Waals surface area (Å²) in [7, 11) is -1.89. The molecule has 0 aliphatic rings. The molecule has 0 aliphatic carbocycles. The Kier molecular flexibility index (Phi) is 8.79. The topological polar surface area (TPSA) is 75.7 Å². The second-order valence-corrected chi connectivity index (χ2v) is 9.00. The van der Waals surface area contributed by atoms with Crippen molar-refractivity contribution in [2.24, 2.45) is 0 Å². The van der Waals surface area contributed by atoms with Crippen molar-refractivity contribution in [1.82, 2.24) is 5.32 Å². The number of carbonyl (C=O) groups is 1. The molecule has 8 heteroatoms. The molecule has 2 rings (SSSR count). The van der Waals surface area contributed by atoms with Crippen LogP contribution in [0, 0.1) is 0 Å². The molecule has 0 atom stereocenters. The molecule has 2 aromatic carbocycles. The summed E-state index contributed by atoms with van der Waals surface area (Å²) in [5, 5.41) is 3.61. The molecule has 0 aromatic heterocycles. The normalized spacial score (nSPS) is 11.1. The van der Waals surface area contributed by atoms with E-state index in [0.29, 0.717) is 24.4 Å². The number of halogens is 1. The van der Waals surface area contributed by atoms with E-state index in [1.54, 1.807) is 31.4 Å². The Labute approximate surface area is 177 Å². The first-order valence-corrected chi connectivity index (χ1v) is 11.7. The van der Waals surface area contributed by atoms with Gasteiger partial charge in [-0.3, -0.25) is 9.10 Å². The van der Waals surface area contributed by atoms with Crippen LogP contribution in [-0.2, 0) is 21.2 Å². The minimum Gasteiger partial charge on any atom is -0.497 e. The van der Waals surface area contributed by atoms with E-state index in [1.807, 2.05) is 24.3 Å². The lowest BCUT2D eigenvalue weighted by Gasteiger charge is -2.22. The van der Waals surface area contributed by atoms with Crippen molar-refractivity contribution < 1.29 is 17.9 Å². The Bertz CT molecular complexity index is 901. The average molecular weight is 439 g/mol. The fourth-order valence-electron chi connectivity index (χ4n) is 2.91. The summed E-state index contributed by atoms with van der Waals surface area (Å²) in [6.45, 7) is 0.788. The van der Waals surface area contributed by atoms with E-state index in [1.165, 1.54) is 4.31 Å². The first kappa shape index (κ1) is 23.0. The van der Waals surface area contributed by atoms with E-state index in [9.17, 15) is 13.2 Å². The summed E-state index contributed by atoms with van der Waals surface area (Å²) < 4.78 is 30.6. The maximum Gasteiger partial charge on any atom is 0.232 e. The van der Waals surface area contributed by atoms with Crippen LogP contribution in [-0.4, -0.2) is 40.8 Å². The smallest absolute Gasteiger partial charge is 0.232 e. The van der Waals surface area contributed by atoms with E-state index in [0.717, 1.165) is 29.7 Å². The predicted octanol–water partition coefficient (Wildman–Crippen LogP) is 3.64. The summed E-state index contributed by atoms with van der Waals surface area (Å²) in [5.74, 6) is 0.561. The third-order valence-corrected chi connectivity index (χ3v) is 5.99. The first-order valence-electron chi connectivity index (χ1n) is 9.43. The number of nitrogens with zero attached hydrogens (tertiary/aromatic N) is 1. The molecule has 0 heterocycles. The molecule has 6 nitrogen and oxygen atoms in total. The molecule has 1 amide bonds. The molecule has 0 saturated carbocycles. The fourth-order valence-corrected chi connectivity index (χ4v) is 4.11. The molecule has 1 N–H and O–H groups in total. The molecule has 29 heavy (non-hydrogen) atoms. The number of carbonyl (C=O) groups excluding carboxylic acids is 1. The minimum absolute atomic E-state index is 0.0904. The van der Waals surface area contributed by atoms with Crippen molar-refractivity contribution in [2.75, 3.05) is 30.8 Å². The zero-order chi connectivity index (χ0) is 21.3. The van der Waals surface area contributed by atoms with Gasteiger partial charge in [0.05, 0.1) is 19.1 Å². The molecule has 158 valence electrons. The Morgan fingerprint density at radius 3 is 2.41 bits per heavy atom. The summed E-state index contributed by atoms with van der Waals surface area (Å²) in [4.78, 5) is 12.1. The molecule has 0 saturated heterocycles. The number of methoxy groups -OCH3 is 1. The monoisotopic (exact) mass is 438 g/mol. The van der Waals surface area contributed by atoms with Crippen molar-refractivity contribution in [2.45, 2.75) is 25.7 Å². The van der Waals surface area contributed by atoms with Crippen LogP contribution in [0.1, 0.15) is 24.8 Å². The summed E-state index contributed by atoms with van der Waals surface area (Å²) in [6.07, 6.45) is 3.42. The Morgan fingerprint density at radius 1 is 1.10 bits per heavy atom. The highest BCUT2D eigenvalue weighted by Gasteiger charge is 2.17. The van der Waals surface area contributed by atoms with Gasteiger partial charge in [-0.05, 0) is 55.2 Å². The average Bonchev–Trinajstić information content (AvgIpc) is 2.69. The Hall–Kier alpha value is -2.25. The van der Waals surface area contributed by atoms with Crippen LogP contribution in [0.4, 0.5) is 5.69 Å². The van der Waals surface area contributed by atoms with Gasteiger partial charge in [-0.1, -0.05) is 29.8 Å². The second-order valence-electron chi connectivity index (χ2n) is 6.68. The fraction of sp³-hybridized carbons (Fsp3) is 0.381. The van der Waals surface area contributed by atoms with Crippen molar-refractivity contribution in [3.63, 3.8) is 0 Å². The molecular formula is C21H27ClN2O4S. The largest absolute Gasteiger partial charge is 0.497 e. The van der Waals surface area contributed by atoms with E-state index in [-0.39, 0.29) is 18.9 Å². The molecule has 0 unspecified atom stereocenters. The van der Waals surface area contributed by atoms with Gasteiger partial charge in [-0.15, -0.1) is 0 Å². The third-order valence-electron chi connectivity index (χ3n) is 4.43. The van der Waals surface area contributed by atoms with E-state index in [2.05, 4.69) is 5.32 Å². The minimum atomic E-state index is -3.44. The highest BCUT2D eigenvalue weighted by atomic mass is 35.5. The number of sulfonamides is 1. The molecule has 0 fully saturated rings. The number of ether oxygens (including phenoxy) is 1. The Balaban J connectivity index is 1.76. The van der Waals surface area contributed by atoms with E-state index < -0.39 is 10.0 Å². The maximum atomic E-state index is 12.1. The van der Waals surface area contributed by atoms with Crippen LogP contribution in [0.3, 0.4) is 0 Å². The van der Waals surface area contributed by atoms with Gasteiger partial charge in [-0.2, -0.15) is 0 Å². The number of rotatable bonds is 11. The summed E-state index contributed by atoms with van der Waals surface area (Å²) in [6, 6.07) is 14.5. The van der Waals surface area contributed by atoms with E-state index in [4.69, 9.17) is 16.3 Å². The first-order chi connectivity index (χ1) is 13.8. The van der Waals surface area contributed by atoms with Gasteiger partial charge in [0.15, 0.2) is 0 Å². The number of aryl methyl sites for hydroxylation is 1. The molecule has 0 spiro atoms. The van der Waals surface area contributed by atoms with Gasteiger partial charge in [0.25, 0.3) is 0 Å².